The number of aliphatic hydroxyl groups is 2. The van der Waals surface area contributed by atoms with Gasteiger partial charge in [0.2, 0.25) is 5.91 Å². The van der Waals surface area contributed by atoms with Gasteiger partial charge in [-0.05, 0) is 32.0 Å². The van der Waals surface area contributed by atoms with E-state index in [2.05, 4.69) is 5.32 Å². The van der Waals surface area contributed by atoms with E-state index < -0.39 is 30.1 Å². The minimum absolute atomic E-state index is 0.0810. The molecule has 1 unspecified atom stereocenters. The smallest absolute Gasteiger partial charge is 0.254 e. The Bertz CT molecular complexity index is 618. The quantitative estimate of drug-likeness (QED) is 0.710. The molecule has 1 heterocycles. The van der Waals surface area contributed by atoms with Gasteiger partial charge in [-0.25, -0.2) is 0 Å². The van der Waals surface area contributed by atoms with E-state index in [4.69, 9.17) is 0 Å². The van der Waals surface area contributed by atoms with Crippen LogP contribution in [0.4, 0.5) is 5.69 Å². The predicted octanol–water partition coefficient (Wildman–Crippen LogP) is -0.177. The molecule has 0 saturated carbocycles. The van der Waals surface area contributed by atoms with Crippen molar-refractivity contribution in [2.24, 2.45) is 0 Å². The number of nitrogens with one attached hydrogen (secondary N) is 1. The lowest BCUT2D eigenvalue weighted by Gasteiger charge is -2.26. The molecule has 1 saturated heterocycles. The summed E-state index contributed by atoms with van der Waals surface area (Å²) in [7, 11) is 3.73. The van der Waals surface area contributed by atoms with Gasteiger partial charge in [-0.15, -0.1) is 0 Å². The highest BCUT2D eigenvalue weighted by Gasteiger charge is 2.46. The predicted molar refractivity (Wildman–Crippen MR) is 90.9 cm³/mol. The molecule has 24 heavy (non-hydrogen) atoms. The molecule has 1 aliphatic rings. The summed E-state index contributed by atoms with van der Waals surface area (Å²) in [6, 6.07) is 5.78. The van der Waals surface area contributed by atoms with Crippen molar-refractivity contribution in [1.82, 2.24) is 10.2 Å². The van der Waals surface area contributed by atoms with E-state index in [1.165, 1.54) is 4.90 Å². The van der Waals surface area contributed by atoms with Crippen LogP contribution in [0.2, 0.25) is 0 Å². The second-order valence-electron chi connectivity index (χ2n) is 6.57. The first-order chi connectivity index (χ1) is 11.2. The first kappa shape index (κ1) is 18.2. The van der Waals surface area contributed by atoms with Crippen molar-refractivity contribution in [3.05, 3.63) is 29.8 Å². The summed E-state index contributed by atoms with van der Waals surface area (Å²) in [5.41, 5.74) is 1.26. The van der Waals surface area contributed by atoms with Gasteiger partial charge in [0.1, 0.15) is 18.2 Å². The molecule has 0 radical (unpaired) electrons. The third-order valence-electron chi connectivity index (χ3n) is 4.01. The third-order valence-corrected chi connectivity index (χ3v) is 4.01. The fourth-order valence-corrected chi connectivity index (χ4v) is 2.78. The third kappa shape index (κ3) is 3.68. The Morgan fingerprint density at radius 2 is 1.96 bits per heavy atom. The number of hydrogen-bond donors (Lipinski definition) is 3. The Kier molecular flexibility index (Phi) is 5.46. The fraction of sp³-hybridized carbons (Fsp3) is 0.529. The highest BCUT2D eigenvalue weighted by atomic mass is 16.3. The number of anilines is 1. The van der Waals surface area contributed by atoms with Crippen molar-refractivity contribution in [3.8, 4) is 0 Å². The van der Waals surface area contributed by atoms with Gasteiger partial charge >= 0.3 is 0 Å². The molecule has 0 bridgehead atoms. The molecule has 1 aromatic carbocycles. The number of benzene rings is 1. The van der Waals surface area contributed by atoms with Gasteiger partial charge in [0.15, 0.2) is 0 Å². The van der Waals surface area contributed by atoms with E-state index in [9.17, 15) is 19.8 Å². The largest absolute Gasteiger partial charge is 0.388 e. The molecular weight excluding hydrogens is 310 g/mol. The number of carbonyl (C=O) groups is 2. The van der Waals surface area contributed by atoms with Crippen molar-refractivity contribution in [2.75, 3.05) is 25.5 Å². The number of rotatable bonds is 4. The van der Waals surface area contributed by atoms with Crippen LogP contribution in [0.3, 0.4) is 0 Å². The van der Waals surface area contributed by atoms with Gasteiger partial charge < -0.3 is 25.3 Å². The molecule has 2 amide bonds. The van der Waals surface area contributed by atoms with Gasteiger partial charge in [0, 0.05) is 31.4 Å². The van der Waals surface area contributed by atoms with Crippen LogP contribution in [0.1, 0.15) is 24.2 Å². The number of carbonyl (C=O) groups excluding carboxylic acids is 2. The van der Waals surface area contributed by atoms with Crippen LogP contribution in [0, 0.1) is 0 Å². The summed E-state index contributed by atoms with van der Waals surface area (Å²) in [6.45, 7) is 3.51. The molecule has 2 rings (SSSR count). The number of nitrogens with zero attached hydrogens (tertiary/aromatic N) is 2. The van der Waals surface area contributed by atoms with Crippen LogP contribution < -0.4 is 10.2 Å². The van der Waals surface area contributed by atoms with E-state index in [0.29, 0.717) is 5.56 Å². The lowest BCUT2D eigenvalue weighted by molar-refractivity contribution is -0.128. The second kappa shape index (κ2) is 7.19. The Hall–Kier alpha value is -2.12. The zero-order valence-corrected chi connectivity index (χ0v) is 14.4. The molecule has 1 aromatic rings. The molecular formula is C17H25N3O4. The normalized spacial score (nSPS) is 23.5. The molecule has 7 nitrogen and oxygen atoms in total. The fourth-order valence-electron chi connectivity index (χ4n) is 2.78. The van der Waals surface area contributed by atoms with Crippen LogP contribution in [0.15, 0.2) is 24.3 Å². The van der Waals surface area contributed by atoms with Crippen LogP contribution in [0.5, 0.6) is 0 Å². The summed E-state index contributed by atoms with van der Waals surface area (Å²) in [5.74, 6) is -0.857. The van der Waals surface area contributed by atoms with E-state index in [0.717, 1.165) is 5.69 Å². The summed E-state index contributed by atoms with van der Waals surface area (Å²) in [6.07, 6.45) is -2.45. The second-order valence-corrected chi connectivity index (χ2v) is 6.57. The summed E-state index contributed by atoms with van der Waals surface area (Å²) < 4.78 is 0. The van der Waals surface area contributed by atoms with Gasteiger partial charge in [0.25, 0.3) is 5.91 Å². The SMILES string of the molecule is CC(C)NC(=O)C1[C@H](O)[C@@H](O)CN1C(=O)c1cccc(N(C)C)c1. The molecule has 7 heteroatoms. The zero-order valence-electron chi connectivity index (χ0n) is 14.4. The minimum Gasteiger partial charge on any atom is -0.388 e. The highest BCUT2D eigenvalue weighted by Crippen LogP contribution is 2.23. The molecule has 0 aliphatic carbocycles. The van der Waals surface area contributed by atoms with Crippen molar-refractivity contribution in [3.63, 3.8) is 0 Å². The maximum Gasteiger partial charge on any atom is 0.254 e. The summed E-state index contributed by atoms with van der Waals surface area (Å²) in [4.78, 5) is 28.3. The Morgan fingerprint density at radius 3 is 2.54 bits per heavy atom. The van der Waals surface area contributed by atoms with Gasteiger partial charge in [-0.1, -0.05) is 6.07 Å². The Balaban J connectivity index is 2.29. The van der Waals surface area contributed by atoms with Crippen molar-refractivity contribution in [1.29, 1.82) is 0 Å². The molecule has 0 aromatic heterocycles. The maximum atomic E-state index is 12.8. The average molecular weight is 335 g/mol. The standard InChI is InChI=1S/C17H25N3O4/c1-10(2)18-16(23)14-15(22)13(21)9-20(14)17(24)11-6-5-7-12(8-11)19(3)4/h5-8,10,13-15,21-22H,9H2,1-4H3,(H,18,23)/t13-,14?,15+/m0/s1. The van der Waals surface area contributed by atoms with Crippen LogP contribution in [-0.4, -0.2) is 71.9 Å². The van der Waals surface area contributed by atoms with E-state index in [1.54, 1.807) is 32.0 Å². The summed E-state index contributed by atoms with van der Waals surface area (Å²) >= 11 is 0. The lowest BCUT2D eigenvalue weighted by atomic mass is 10.1. The lowest BCUT2D eigenvalue weighted by Crippen LogP contribution is -2.52. The van der Waals surface area contributed by atoms with E-state index >= 15 is 0 Å². The number of amides is 2. The first-order valence-corrected chi connectivity index (χ1v) is 7.97. The van der Waals surface area contributed by atoms with E-state index in [-0.39, 0.29) is 12.6 Å². The van der Waals surface area contributed by atoms with Crippen LogP contribution in [0.25, 0.3) is 0 Å². The first-order valence-electron chi connectivity index (χ1n) is 7.97. The molecule has 3 N–H and O–H groups in total. The molecule has 0 spiro atoms. The molecule has 1 aliphatic heterocycles. The number of aliphatic hydroxyl groups excluding tert-OH is 2. The maximum absolute atomic E-state index is 12.8. The van der Waals surface area contributed by atoms with Gasteiger partial charge in [-0.2, -0.15) is 0 Å². The van der Waals surface area contributed by atoms with Crippen LogP contribution >= 0.6 is 0 Å². The number of β-amino-alcohol motifs (C(OH)–C–C–N with tert-alkyl or cyclic N) is 1. The molecule has 132 valence electrons. The summed E-state index contributed by atoms with van der Waals surface area (Å²) in [5, 5.41) is 22.8. The Morgan fingerprint density at radius 1 is 1.29 bits per heavy atom. The van der Waals surface area contributed by atoms with Crippen molar-refractivity contribution < 1.29 is 19.8 Å². The number of likely N-dealkylation sites (tertiary alicyclic amines) is 1. The highest BCUT2D eigenvalue weighted by molar-refractivity contribution is 5.99. The molecule has 3 atom stereocenters. The van der Waals surface area contributed by atoms with Crippen molar-refractivity contribution in [2.45, 2.75) is 38.1 Å². The van der Waals surface area contributed by atoms with Crippen molar-refractivity contribution >= 4 is 17.5 Å². The number of hydrogen-bond acceptors (Lipinski definition) is 5. The van der Waals surface area contributed by atoms with Gasteiger partial charge in [-0.3, -0.25) is 9.59 Å². The molecule has 1 fully saturated rings. The average Bonchev–Trinajstić information content (AvgIpc) is 2.81. The minimum atomic E-state index is -1.30. The monoisotopic (exact) mass is 335 g/mol. The Labute approximate surface area is 141 Å². The van der Waals surface area contributed by atoms with E-state index in [1.807, 2.05) is 25.1 Å². The zero-order chi connectivity index (χ0) is 18.0. The van der Waals surface area contributed by atoms with Gasteiger partial charge in [0.05, 0.1) is 6.54 Å². The van der Waals surface area contributed by atoms with Crippen LogP contribution in [-0.2, 0) is 4.79 Å². The topological polar surface area (TPSA) is 93.1 Å².